The van der Waals surface area contributed by atoms with Crippen LogP contribution >= 0.6 is 15.9 Å². The molecule has 0 N–H and O–H groups in total. The Morgan fingerprint density at radius 2 is 2.15 bits per heavy atom. The van der Waals surface area contributed by atoms with E-state index in [-0.39, 0.29) is 11.6 Å². The Morgan fingerprint density at radius 1 is 1.27 bits per heavy atom. The molecule has 0 radical (unpaired) electrons. The van der Waals surface area contributed by atoms with Gasteiger partial charge in [0.05, 0.1) is 24.5 Å². The average molecular weight is 417 g/mol. The van der Waals surface area contributed by atoms with Gasteiger partial charge in [0, 0.05) is 29.3 Å². The van der Waals surface area contributed by atoms with Crippen molar-refractivity contribution >= 4 is 21.6 Å². The molecule has 3 aliphatic heterocycles. The van der Waals surface area contributed by atoms with Gasteiger partial charge in [-0.25, -0.2) is 5.01 Å². The van der Waals surface area contributed by atoms with E-state index in [1.165, 1.54) is 5.56 Å². The van der Waals surface area contributed by atoms with Crippen molar-refractivity contribution in [1.29, 1.82) is 0 Å². The molecule has 0 bridgehead atoms. The fourth-order valence-electron chi connectivity index (χ4n) is 4.42. The molecule has 1 aromatic heterocycles. The van der Waals surface area contributed by atoms with E-state index in [1.807, 2.05) is 18.2 Å². The summed E-state index contributed by atoms with van der Waals surface area (Å²) in [4.78, 5) is 0. The van der Waals surface area contributed by atoms with E-state index in [0.717, 1.165) is 41.0 Å². The van der Waals surface area contributed by atoms with Crippen LogP contribution in [0, 0.1) is 0 Å². The van der Waals surface area contributed by atoms with Crippen molar-refractivity contribution in [2.24, 2.45) is 5.10 Å². The van der Waals surface area contributed by atoms with E-state index in [1.54, 1.807) is 6.26 Å². The van der Waals surface area contributed by atoms with Gasteiger partial charge in [-0.1, -0.05) is 15.9 Å². The zero-order chi connectivity index (χ0) is 17.9. The summed E-state index contributed by atoms with van der Waals surface area (Å²) in [5.74, 6) is 1.78. The topological polar surface area (TPSA) is 47.2 Å². The molecular formula is C20H21BrN2O3. The van der Waals surface area contributed by atoms with E-state index in [2.05, 4.69) is 46.9 Å². The summed E-state index contributed by atoms with van der Waals surface area (Å²) in [6.45, 7) is 4.90. The van der Waals surface area contributed by atoms with Crippen LogP contribution in [0.25, 0.3) is 0 Å². The Labute approximate surface area is 161 Å². The quantitative estimate of drug-likeness (QED) is 0.664. The molecule has 6 heteroatoms. The normalized spacial score (nSPS) is 29.1. The summed E-state index contributed by atoms with van der Waals surface area (Å²) < 4.78 is 19.3. The highest BCUT2D eigenvalue weighted by atomic mass is 79.9. The highest BCUT2D eigenvalue weighted by Crippen LogP contribution is 2.52. The lowest BCUT2D eigenvalue weighted by molar-refractivity contribution is -0.212. The summed E-state index contributed by atoms with van der Waals surface area (Å²) in [7, 11) is 0. The van der Waals surface area contributed by atoms with Crippen LogP contribution in [0.3, 0.4) is 0 Å². The Bertz CT molecular complexity index is 877. The van der Waals surface area contributed by atoms with E-state index in [0.29, 0.717) is 6.61 Å². The minimum absolute atomic E-state index is 0.144. The predicted octanol–water partition coefficient (Wildman–Crippen LogP) is 4.87. The fraction of sp³-hybridized carbons (Fsp3) is 0.450. The molecule has 1 spiro atoms. The lowest BCUT2D eigenvalue weighted by atomic mass is 9.86. The van der Waals surface area contributed by atoms with Crippen molar-refractivity contribution < 1.29 is 13.9 Å². The Kier molecular flexibility index (Phi) is 3.53. The van der Waals surface area contributed by atoms with Crippen LogP contribution in [0.4, 0.5) is 0 Å². The second kappa shape index (κ2) is 5.60. The molecule has 1 aromatic carbocycles. The Hall–Kier alpha value is -1.79. The SMILES string of the molecule is CC1(C)C[C@@]2(CCO1)Oc1ccc(Br)cc1[C@H]1CC(c3ccco3)=NN12. The van der Waals surface area contributed by atoms with Crippen LogP contribution in [-0.2, 0) is 4.74 Å². The average Bonchev–Trinajstić information content (AvgIpc) is 3.24. The second-order valence-corrected chi connectivity index (χ2v) is 8.77. The smallest absolute Gasteiger partial charge is 0.203 e. The molecule has 26 heavy (non-hydrogen) atoms. The highest BCUT2D eigenvalue weighted by molar-refractivity contribution is 9.10. The number of hydrogen-bond donors (Lipinski definition) is 0. The number of fused-ring (bicyclic) bond motifs is 4. The van der Waals surface area contributed by atoms with E-state index < -0.39 is 5.72 Å². The first-order chi connectivity index (χ1) is 12.5. The molecular weight excluding hydrogens is 396 g/mol. The molecule has 1 fully saturated rings. The maximum Gasteiger partial charge on any atom is 0.203 e. The largest absolute Gasteiger partial charge is 0.466 e. The third-order valence-electron chi connectivity index (χ3n) is 5.45. The monoisotopic (exact) mass is 416 g/mol. The lowest BCUT2D eigenvalue weighted by Crippen LogP contribution is -2.60. The van der Waals surface area contributed by atoms with Crippen LogP contribution in [0.5, 0.6) is 5.75 Å². The Morgan fingerprint density at radius 3 is 2.92 bits per heavy atom. The lowest BCUT2D eigenvalue weighted by Gasteiger charge is -2.52. The molecule has 2 aromatic rings. The maximum atomic E-state index is 6.62. The van der Waals surface area contributed by atoms with Crippen LogP contribution in [-0.4, -0.2) is 28.7 Å². The molecule has 5 rings (SSSR count). The molecule has 5 nitrogen and oxygen atoms in total. The van der Waals surface area contributed by atoms with Crippen molar-refractivity contribution in [1.82, 2.24) is 5.01 Å². The Balaban J connectivity index is 1.63. The van der Waals surface area contributed by atoms with Crippen LogP contribution in [0.2, 0.25) is 0 Å². The van der Waals surface area contributed by atoms with Gasteiger partial charge in [-0.15, -0.1) is 0 Å². The molecule has 136 valence electrons. The van der Waals surface area contributed by atoms with Crippen molar-refractivity contribution in [2.75, 3.05) is 6.61 Å². The third-order valence-corrected chi connectivity index (χ3v) is 5.94. The number of hydrogen-bond acceptors (Lipinski definition) is 5. The van der Waals surface area contributed by atoms with Gasteiger partial charge in [0.2, 0.25) is 5.72 Å². The van der Waals surface area contributed by atoms with Crippen molar-refractivity contribution in [3.05, 3.63) is 52.4 Å². The van der Waals surface area contributed by atoms with Crippen molar-refractivity contribution in [3.63, 3.8) is 0 Å². The molecule has 0 saturated carbocycles. The first kappa shape index (κ1) is 16.4. The van der Waals surface area contributed by atoms with Gasteiger partial charge in [0.15, 0.2) is 0 Å². The van der Waals surface area contributed by atoms with Gasteiger partial charge in [-0.2, -0.15) is 5.10 Å². The summed E-state index contributed by atoms with van der Waals surface area (Å²) >= 11 is 3.60. The number of nitrogens with zero attached hydrogens (tertiary/aromatic N) is 2. The fourth-order valence-corrected chi connectivity index (χ4v) is 4.80. The first-order valence-corrected chi connectivity index (χ1v) is 9.78. The molecule has 0 unspecified atom stereocenters. The number of benzene rings is 1. The maximum absolute atomic E-state index is 6.62. The van der Waals surface area contributed by atoms with Crippen LogP contribution in [0.1, 0.15) is 50.5 Å². The zero-order valence-corrected chi connectivity index (χ0v) is 16.5. The third kappa shape index (κ3) is 2.50. The number of halogens is 1. The first-order valence-electron chi connectivity index (χ1n) is 8.99. The van der Waals surface area contributed by atoms with E-state index >= 15 is 0 Å². The molecule has 2 atom stereocenters. The summed E-state index contributed by atoms with van der Waals surface area (Å²) in [6.07, 6.45) is 4.06. The van der Waals surface area contributed by atoms with Crippen molar-refractivity contribution in [2.45, 2.75) is 50.5 Å². The molecule has 4 heterocycles. The number of ether oxygens (including phenoxy) is 2. The van der Waals surface area contributed by atoms with Gasteiger partial charge >= 0.3 is 0 Å². The molecule has 0 amide bonds. The minimum atomic E-state index is -0.485. The second-order valence-electron chi connectivity index (χ2n) is 7.85. The van der Waals surface area contributed by atoms with E-state index in [9.17, 15) is 0 Å². The van der Waals surface area contributed by atoms with Gasteiger partial charge in [-0.05, 0) is 44.2 Å². The van der Waals surface area contributed by atoms with Crippen LogP contribution in [0.15, 0.2) is 50.6 Å². The molecule has 1 saturated heterocycles. The number of rotatable bonds is 1. The zero-order valence-electron chi connectivity index (χ0n) is 14.9. The van der Waals surface area contributed by atoms with Crippen molar-refractivity contribution in [3.8, 4) is 5.75 Å². The van der Waals surface area contributed by atoms with Crippen LogP contribution < -0.4 is 4.74 Å². The summed E-state index contributed by atoms with van der Waals surface area (Å²) in [5.41, 5.74) is 1.40. The highest BCUT2D eigenvalue weighted by Gasteiger charge is 2.54. The summed E-state index contributed by atoms with van der Waals surface area (Å²) in [5, 5.41) is 7.15. The predicted molar refractivity (Wildman–Crippen MR) is 101 cm³/mol. The minimum Gasteiger partial charge on any atom is -0.466 e. The summed E-state index contributed by atoms with van der Waals surface area (Å²) in [6, 6.07) is 10.3. The standard InChI is InChI=1S/C20H21BrN2O3/c1-19(2)12-20(7-9-25-19)23-16(11-15(22-23)18-4-3-8-24-18)14-10-13(21)5-6-17(14)26-20/h3-6,8,10,16H,7,9,11-12H2,1-2H3/t16-,20-/m1/s1. The van der Waals surface area contributed by atoms with Gasteiger partial charge in [0.1, 0.15) is 17.2 Å². The molecule has 0 aliphatic carbocycles. The number of hydrazone groups is 1. The van der Waals surface area contributed by atoms with E-state index in [4.69, 9.17) is 19.0 Å². The van der Waals surface area contributed by atoms with Gasteiger partial charge in [0.25, 0.3) is 0 Å². The molecule has 3 aliphatic rings. The van der Waals surface area contributed by atoms with Gasteiger partial charge in [-0.3, -0.25) is 0 Å². The number of furan rings is 1. The van der Waals surface area contributed by atoms with Gasteiger partial charge < -0.3 is 13.9 Å².